The molecule has 0 N–H and O–H groups in total. The van der Waals surface area contributed by atoms with Gasteiger partial charge in [0.2, 0.25) is 0 Å². The van der Waals surface area contributed by atoms with Gasteiger partial charge in [-0.15, -0.1) is 0 Å². The molecule has 0 aromatic heterocycles. The van der Waals surface area contributed by atoms with Crippen molar-refractivity contribution in [3.63, 3.8) is 0 Å². The molecule has 1 aromatic rings. The molecule has 1 aromatic carbocycles. The Hall–Kier alpha value is -2.80. The zero-order valence-electron chi connectivity index (χ0n) is 18.8. The fourth-order valence-electron chi connectivity index (χ4n) is 3.55. The van der Waals surface area contributed by atoms with Gasteiger partial charge < -0.3 is 18.9 Å². The largest absolute Gasteiger partial charge is 0.498 e. The normalized spacial score (nSPS) is 20.3. The smallest absolute Gasteiger partial charge is 0.334 e. The van der Waals surface area contributed by atoms with E-state index in [1.165, 1.54) is 12.2 Å². The molecule has 174 valence electrons. The second-order valence-electron chi connectivity index (χ2n) is 6.91. The van der Waals surface area contributed by atoms with Gasteiger partial charge in [0.25, 0.3) is 0 Å². The number of allylic oxidation sites excluding steroid dienone is 2. The molecule has 1 aliphatic carbocycles. The summed E-state index contributed by atoms with van der Waals surface area (Å²) in [6.07, 6.45) is 2.52. The summed E-state index contributed by atoms with van der Waals surface area (Å²) in [6, 6.07) is 6.55. The maximum atomic E-state index is 13.3. The van der Waals surface area contributed by atoms with E-state index in [0.29, 0.717) is 35.3 Å². The molecule has 0 aliphatic heterocycles. The van der Waals surface area contributed by atoms with Gasteiger partial charge in [-0.1, -0.05) is 11.6 Å². The number of Topliss-reactive ketones (excluding diaryl/α,β-unsaturated/α-hetero) is 1. The second-order valence-corrected chi connectivity index (χ2v) is 7.35. The van der Waals surface area contributed by atoms with Gasteiger partial charge in [0.1, 0.15) is 11.5 Å². The van der Waals surface area contributed by atoms with Gasteiger partial charge in [0.05, 0.1) is 38.6 Å². The molecule has 1 unspecified atom stereocenters. The van der Waals surface area contributed by atoms with E-state index in [-0.39, 0.29) is 19.0 Å². The maximum absolute atomic E-state index is 13.3. The van der Waals surface area contributed by atoms with Crippen molar-refractivity contribution >= 4 is 29.3 Å². The van der Waals surface area contributed by atoms with E-state index in [4.69, 9.17) is 30.5 Å². The minimum atomic E-state index is -0.587. The highest BCUT2D eigenvalue weighted by Crippen LogP contribution is 2.57. The Balaban J connectivity index is 2.47. The van der Waals surface area contributed by atoms with Crippen molar-refractivity contribution < 1.29 is 33.3 Å². The number of rotatable bonds is 12. The Labute approximate surface area is 193 Å². The molecule has 1 fully saturated rings. The van der Waals surface area contributed by atoms with Gasteiger partial charge in [-0.2, -0.15) is 0 Å². The van der Waals surface area contributed by atoms with Gasteiger partial charge >= 0.3 is 11.9 Å². The van der Waals surface area contributed by atoms with Crippen LogP contribution < -0.4 is 0 Å². The third kappa shape index (κ3) is 6.60. The average Bonchev–Trinajstić information content (AvgIpc) is 3.49. The standard InChI is InChI=1S/C24H29ClO7/c1-5-29-17(13-19(26)31-7-3)21-22(18(30-6-2)14-20(27)32-8-4)23(21)24(28)15-9-11-16(25)12-10-15/h9-14,21-23H,5-8H2,1-4H3/b17-13+,18-14+/t21-,22+,23?. The molecular formula is C24H29ClO7. The second kappa shape index (κ2) is 12.3. The molecule has 0 amide bonds. The van der Waals surface area contributed by atoms with E-state index in [1.807, 2.05) is 0 Å². The number of ketones is 1. The number of hydrogen-bond donors (Lipinski definition) is 0. The SMILES string of the molecule is CCOC(=O)/C=C(/OCC)[C@@H]1C(C(=O)c2ccc(Cl)cc2)[C@@H]1/C(=C\C(=O)OCC)OCC. The van der Waals surface area contributed by atoms with Crippen LogP contribution in [0.1, 0.15) is 38.1 Å². The van der Waals surface area contributed by atoms with Crippen LogP contribution in [0.4, 0.5) is 0 Å². The molecule has 1 aliphatic rings. The summed E-state index contributed by atoms with van der Waals surface area (Å²) in [5.41, 5.74) is 0.464. The summed E-state index contributed by atoms with van der Waals surface area (Å²) in [6.45, 7) is 7.98. The zero-order chi connectivity index (χ0) is 23.7. The molecule has 0 radical (unpaired) electrons. The van der Waals surface area contributed by atoms with Crippen molar-refractivity contribution in [2.45, 2.75) is 27.7 Å². The van der Waals surface area contributed by atoms with Crippen molar-refractivity contribution in [1.82, 2.24) is 0 Å². The number of carbonyl (C=O) groups is 3. The van der Waals surface area contributed by atoms with E-state index < -0.39 is 29.7 Å². The van der Waals surface area contributed by atoms with Crippen molar-refractivity contribution in [3.05, 3.63) is 58.5 Å². The number of ether oxygens (including phenoxy) is 4. The highest BCUT2D eigenvalue weighted by molar-refractivity contribution is 6.30. The molecule has 0 heterocycles. The lowest BCUT2D eigenvalue weighted by Crippen LogP contribution is -2.08. The molecule has 0 saturated heterocycles. The summed E-state index contributed by atoms with van der Waals surface area (Å²) >= 11 is 5.95. The van der Waals surface area contributed by atoms with Crippen molar-refractivity contribution in [1.29, 1.82) is 0 Å². The first kappa shape index (κ1) is 25.5. The van der Waals surface area contributed by atoms with Gasteiger partial charge in [0.15, 0.2) is 5.78 Å². The molecule has 0 bridgehead atoms. The van der Waals surface area contributed by atoms with Gasteiger partial charge in [0, 0.05) is 28.3 Å². The Morgan fingerprint density at radius 3 is 1.50 bits per heavy atom. The monoisotopic (exact) mass is 464 g/mol. The molecule has 32 heavy (non-hydrogen) atoms. The first-order valence-electron chi connectivity index (χ1n) is 10.7. The minimum Gasteiger partial charge on any atom is -0.498 e. The number of esters is 2. The number of benzene rings is 1. The van der Waals surface area contributed by atoms with Crippen LogP contribution in [0.15, 0.2) is 47.9 Å². The Morgan fingerprint density at radius 2 is 1.12 bits per heavy atom. The molecule has 1 saturated carbocycles. The molecular weight excluding hydrogens is 436 g/mol. The topological polar surface area (TPSA) is 88.1 Å². The van der Waals surface area contributed by atoms with Crippen LogP contribution in [0.25, 0.3) is 0 Å². The van der Waals surface area contributed by atoms with E-state index >= 15 is 0 Å². The lowest BCUT2D eigenvalue weighted by Gasteiger charge is -2.11. The summed E-state index contributed by atoms with van der Waals surface area (Å²) in [5.74, 6) is -2.23. The Morgan fingerprint density at radius 1 is 0.719 bits per heavy atom. The molecule has 7 nitrogen and oxygen atoms in total. The van der Waals surface area contributed by atoms with Gasteiger partial charge in [-0.05, 0) is 52.0 Å². The highest BCUT2D eigenvalue weighted by atomic mass is 35.5. The summed E-state index contributed by atoms with van der Waals surface area (Å²) in [4.78, 5) is 37.6. The molecule has 2 rings (SSSR count). The predicted octanol–water partition coefficient (Wildman–Crippen LogP) is 4.35. The van der Waals surface area contributed by atoms with Crippen LogP contribution in [0.3, 0.4) is 0 Å². The predicted molar refractivity (Wildman–Crippen MR) is 119 cm³/mol. The van der Waals surface area contributed by atoms with Crippen LogP contribution in [-0.4, -0.2) is 44.1 Å². The van der Waals surface area contributed by atoms with E-state index in [2.05, 4.69) is 0 Å². The number of halogens is 1. The van der Waals surface area contributed by atoms with Crippen LogP contribution in [0.5, 0.6) is 0 Å². The Bertz CT molecular complexity index is 829. The van der Waals surface area contributed by atoms with Crippen molar-refractivity contribution in [3.8, 4) is 0 Å². The zero-order valence-corrected chi connectivity index (χ0v) is 19.5. The van der Waals surface area contributed by atoms with E-state index in [9.17, 15) is 14.4 Å². The third-order valence-electron chi connectivity index (χ3n) is 4.82. The van der Waals surface area contributed by atoms with Gasteiger partial charge in [-0.3, -0.25) is 4.79 Å². The summed E-state index contributed by atoms with van der Waals surface area (Å²) < 4.78 is 21.5. The van der Waals surface area contributed by atoms with Crippen molar-refractivity contribution in [2.24, 2.45) is 17.8 Å². The van der Waals surface area contributed by atoms with Crippen LogP contribution in [0, 0.1) is 17.8 Å². The van der Waals surface area contributed by atoms with E-state index in [1.54, 1.807) is 52.0 Å². The molecule has 3 atom stereocenters. The number of carbonyl (C=O) groups excluding carboxylic acids is 3. The third-order valence-corrected chi connectivity index (χ3v) is 5.08. The summed E-state index contributed by atoms with van der Waals surface area (Å²) in [5, 5.41) is 0.514. The lowest BCUT2D eigenvalue weighted by atomic mass is 10.0. The first-order chi connectivity index (χ1) is 15.4. The highest BCUT2D eigenvalue weighted by Gasteiger charge is 2.60. The Kier molecular flexibility index (Phi) is 9.78. The fourth-order valence-corrected chi connectivity index (χ4v) is 3.68. The quantitative estimate of drug-likeness (QED) is 0.196. The molecule has 0 spiro atoms. The first-order valence-corrected chi connectivity index (χ1v) is 11.1. The van der Waals surface area contributed by atoms with Crippen LogP contribution in [0.2, 0.25) is 5.02 Å². The van der Waals surface area contributed by atoms with Crippen LogP contribution in [-0.2, 0) is 28.5 Å². The van der Waals surface area contributed by atoms with Crippen LogP contribution >= 0.6 is 11.6 Å². The molecule has 8 heteroatoms. The van der Waals surface area contributed by atoms with Crippen molar-refractivity contribution in [2.75, 3.05) is 26.4 Å². The fraction of sp³-hybridized carbons (Fsp3) is 0.458. The van der Waals surface area contributed by atoms with Gasteiger partial charge in [-0.25, -0.2) is 9.59 Å². The minimum absolute atomic E-state index is 0.166. The average molecular weight is 465 g/mol. The number of hydrogen-bond acceptors (Lipinski definition) is 7. The maximum Gasteiger partial charge on any atom is 0.334 e. The summed E-state index contributed by atoms with van der Waals surface area (Å²) in [7, 11) is 0. The van der Waals surface area contributed by atoms with E-state index in [0.717, 1.165) is 0 Å². The lowest BCUT2D eigenvalue weighted by molar-refractivity contribution is -0.138.